The summed E-state index contributed by atoms with van der Waals surface area (Å²) in [6.07, 6.45) is 1.85. The lowest BCUT2D eigenvalue weighted by Crippen LogP contribution is -2.26. The summed E-state index contributed by atoms with van der Waals surface area (Å²) in [5.74, 6) is 0.517. The lowest BCUT2D eigenvalue weighted by atomic mass is 10.1. The molecular formula is C22H22FN3OS. The summed E-state index contributed by atoms with van der Waals surface area (Å²) in [5, 5.41) is 3.67. The fourth-order valence-corrected chi connectivity index (χ4v) is 3.48. The van der Waals surface area contributed by atoms with Crippen LogP contribution in [0, 0.1) is 12.7 Å². The molecule has 1 N–H and O–H groups in total. The number of rotatable bonds is 8. The van der Waals surface area contributed by atoms with Crippen LogP contribution in [0.4, 0.5) is 4.39 Å². The zero-order valence-corrected chi connectivity index (χ0v) is 16.5. The molecule has 1 aromatic heterocycles. The maximum atomic E-state index is 13.1. The van der Waals surface area contributed by atoms with Crippen molar-refractivity contribution in [2.45, 2.75) is 24.8 Å². The van der Waals surface area contributed by atoms with Crippen molar-refractivity contribution in [3.63, 3.8) is 0 Å². The van der Waals surface area contributed by atoms with E-state index in [1.54, 1.807) is 12.1 Å². The highest BCUT2D eigenvalue weighted by Crippen LogP contribution is 2.21. The molecule has 2 aromatic carbocycles. The highest BCUT2D eigenvalue weighted by molar-refractivity contribution is 7.99. The van der Waals surface area contributed by atoms with Crippen molar-refractivity contribution >= 4 is 17.7 Å². The van der Waals surface area contributed by atoms with Crippen LogP contribution in [-0.4, -0.2) is 28.2 Å². The first-order valence-corrected chi connectivity index (χ1v) is 10.1. The molecule has 0 aliphatic carbocycles. The number of halogens is 1. The summed E-state index contributed by atoms with van der Waals surface area (Å²) in [5.41, 5.74) is 2.83. The van der Waals surface area contributed by atoms with Crippen LogP contribution in [0.5, 0.6) is 0 Å². The second-order valence-corrected chi connectivity index (χ2v) is 7.40. The lowest BCUT2D eigenvalue weighted by molar-refractivity contribution is -0.118. The molecule has 1 amide bonds. The summed E-state index contributed by atoms with van der Waals surface area (Å²) in [6, 6.07) is 18.1. The van der Waals surface area contributed by atoms with Crippen molar-refractivity contribution in [1.82, 2.24) is 15.3 Å². The quantitative estimate of drug-likeness (QED) is 0.348. The number of benzene rings is 2. The van der Waals surface area contributed by atoms with Crippen LogP contribution in [0.25, 0.3) is 11.4 Å². The van der Waals surface area contributed by atoms with Crippen LogP contribution in [-0.2, 0) is 11.2 Å². The van der Waals surface area contributed by atoms with Crippen molar-refractivity contribution in [2.75, 3.05) is 12.3 Å². The van der Waals surface area contributed by atoms with Crippen LogP contribution in [0.2, 0.25) is 0 Å². The number of thioether (sulfide) groups is 1. The van der Waals surface area contributed by atoms with Gasteiger partial charge in [-0.05, 0) is 55.7 Å². The van der Waals surface area contributed by atoms with Crippen LogP contribution in [0.15, 0.2) is 65.7 Å². The van der Waals surface area contributed by atoms with E-state index in [0.29, 0.717) is 18.1 Å². The number of aromatic nitrogens is 2. The van der Waals surface area contributed by atoms with E-state index >= 15 is 0 Å². The molecule has 0 unspecified atom stereocenters. The number of hydrogen-bond donors (Lipinski definition) is 1. The van der Waals surface area contributed by atoms with Gasteiger partial charge >= 0.3 is 0 Å². The van der Waals surface area contributed by atoms with Gasteiger partial charge in [-0.25, -0.2) is 14.4 Å². The van der Waals surface area contributed by atoms with E-state index in [0.717, 1.165) is 29.1 Å². The van der Waals surface area contributed by atoms with Gasteiger partial charge in [-0.15, -0.1) is 0 Å². The minimum atomic E-state index is -0.296. The molecule has 4 nitrogen and oxygen atoms in total. The normalized spacial score (nSPS) is 10.6. The number of aryl methyl sites for hydroxylation is 2. The monoisotopic (exact) mass is 395 g/mol. The van der Waals surface area contributed by atoms with Crippen molar-refractivity contribution < 1.29 is 9.18 Å². The van der Waals surface area contributed by atoms with Gasteiger partial charge in [-0.2, -0.15) is 0 Å². The fourth-order valence-electron chi connectivity index (χ4n) is 2.70. The minimum Gasteiger partial charge on any atom is -0.355 e. The first-order chi connectivity index (χ1) is 13.6. The maximum absolute atomic E-state index is 13.1. The predicted octanol–water partition coefficient (Wildman–Crippen LogP) is 4.43. The molecule has 0 saturated heterocycles. The standard InChI is InChI=1S/C22H22FN3OS/c1-16-14-21(26-22(25-16)18-9-11-19(23)12-10-18)28-15-20(27)24-13-5-8-17-6-3-2-4-7-17/h2-4,6-7,9-12,14H,5,8,13,15H2,1H3,(H,24,27). The Kier molecular flexibility index (Phi) is 7.14. The van der Waals surface area contributed by atoms with E-state index < -0.39 is 0 Å². The number of carbonyl (C=O) groups is 1. The van der Waals surface area contributed by atoms with E-state index in [-0.39, 0.29) is 11.7 Å². The molecule has 3 rings (SSSR count). The highest BCUT2D eigenvalue weighted by atomic mass is 32.2. The summed E-state index contributed by atoms with van der Waals surface area (Å²) in [4.78, 5) is 21.0. The van der Waals surface area contributed by atoms with Crippen molar-refractivity contribution in [2.24, 2.45) is 0 Å². The molecule has 0 bridgehead atoms. The molecule has 0 aliphatic rings. The van der Waals surface area contributed by atoms with E-state index in [1.165, 1.54) is 29.5 Å². The summed E-state index contributed by atoms with van der Waals surface area (Å²) in [6.45, 7) is 2.53. The highest BCUT2D eigenvalue weighted by Gasteiger charge is 2.08. The van der Waals surface area contributed by atoms with Crippen molar-refractivity contribution in [3.8, 4) is 11.4 Å². The van der Waals surface area contributed by atoms with E-state index in [9.17, 15) is 9.18 Å². The summed E-state index contributed by atoms with van der Waals surface area (Å²) in [7, 11) is 0. The molecule has 1 heterocycles. The van der Waals surface area contributed by atoms with Crippen LogP contribution in [0.3, 0.4) is 0 Å². The molecule has 0 aliphatic heterocycles. The number of hydrogen-bond acceptors (Lipinski definition) is 4. The molecule has 0 radical (unpaired) electrons. The van der Waals surface area contributed by atoms with Crippen LogP contribution in [0.1, 0.15) is 17.7 Å². The molecule has 28 heavy (non-hydrogen) atoms. The van der Waals surface area contributed by atoms with Crippen LogP contribution >= 0.6 is 11.8 Å². The van der Waals surface area contributed by atoms with Gasteiger partial charge in [0.25, 0.3) is 0 Å². The Bertz CT molecular complexity index is 917. The topological polar surface area (TPSA) is 54.9 Å². The Balaban J connectivity index is 1.48. The maximum Gasteiger partial charge on any atom is 0.230 e. The van der Waals surface area contributed by atoms with Gasteiger partial charge in [-0.3, -0.25) is 4.79 Å². The van der Waals surface area contributed by atoms with E-state index in [2.05, 4.69) is 27.4 Å². The first-order valence-electron chi connectivity index (χ1n) is 9.15. The molecule has 0 saturated carbocycles. The van der Waals surface area contributed by atoms with E-state index in [1.807, 2.05) is 31.2 Å². The predicted molar refractivity (Wildman–Crippen MR) is 111 cm³/mol. The summed E-state index contributed by atoms with van der Waals surface area (Å²) < 4.78 is 13.1. The van der Waals surface area contributed by atoms with Gasteiger partial charge in [0, 0.05) is 17.8 Å². The smallest absolute Gasteiger partial charge is 0.230 e. The number of nitrogens with one attached hydrogen (secondary N) is 1. The number of amides is 1. The SMILES string of the molecule is Cc1cc(SCC(=O)NCCCc2ccccc2)nc(-c2ccc(F)cc2)n1. The average Bonchev–Trinajstić information content (AvgIpc) is 2.70. The first kappa shape index (κ1) is 20.0. The number of nitrogens with zero attached hydrogens (tertiary/aromatic N) is 2. The Labute approximate surface area is 168 Å². The number of carbonyl (C=O) groups excluding carboxylic acids is 1. The molecule has 144 valence electrons. The fraction of sp³-hybridized carbons (Fsp3) is 0.227. The largest absolute Gasteiger partial charge is 0.355 e. The van der Waals surface area contributed by atoms with Gasteiger partial charge in [0.15, 0.2) is 5.82 Å². The van der Waals surface area contributed by atoms with Crippen LogP contribution < -0.4 is 5.32 Å². The van der Waals surface area contributed by atoms with Crippen molar-refractivity contribution in [1.29, 1.82) is 0 Å². The zero-order valence-electron chi connectivity index (χ0n) is 15.7. The molecule has 3 aromatic rings. The molecule has 0 atom stereocenters. The summed E-state index contributed by atoms with van der Waals surface area (Å²) >= 11 is 1.37. The molecular weight excluding hydrogens is 373 g/mol. The Morgan fingerprint density at radius 1 is 1.07 bits per heavy atom. The van der Waals surface area contributed by atoms with Gasteiger partial charge in [0.05, 0.1) is 5.75 Å². The van der Waals surface area contributed by atoms with Crippen molar-refractivity contribution in [3.05, 3.63) is 77.7 Å². The Morgan fingerprint density at radius 3 is 2.57 bits per heavy atom. The third kappa shape index (κ3) is 6.16. The van der Waals surface area contributed by atoms with Gasteiger partial charge in [0.2, 0.25) is 5.91 Å². The third-order valence-electron chi connectivity index (χ3n) is 4.09. The minimum absolute atomic E-state index is 0.0161. The average molecular weight is 396 g/mol. The Morgan fingerprint density at radius 2 is 1.82 bits per heavy atom. The van der Waals surface area contributed by atoms with Gasteiger partial charge in [-0.1, -0.05) is 42.1 Å². The van der Waals surface area contributed by atoms with E-state index in [4.69, 9.17) is 0 Å². The molecule has 6 heteroatoms. The Hall–Kier alpha value is -2.73. The molecule has 0 spiro atoms. The third-order valence-corrected chi connectivity index (χ3v) is 5.00. The molecule has 0 fully saturated rings. The second-order valence-electron chi connectivity index (χ2n) is 6.41. The van der Waals surface area contributed by atoms with Gasteiger partial charge < -0.3 is 5.32 Å². The van der Waals surface area contributed by atoms with Gasteiger partial charge in [0.1, 0.15) is 10.8 Å². The zero-order chi connectivity index (χ0) is 19.8. The lowest BCUT2D eigenvalue weighted by Gasteiger charge is -2.07. The second kappa shape index (κ2) is 9.99.